The minimum Gasteiger partial charge on any atom is -0.309 e. The summed E-state index contributed by atoms with van der Waals surface area (Å²) in [5, 5.41) is 10.0. The van der Waals surface area contributed by atoms with Crippen molar-refractivity contribution >= 4 is 72.6 Å². The molecule has 0 fully saturated rings. The lowest BCUT2D eigenvalue weighted by molar-refractivity contribution is 0.963. The van der Waals surface area contributed by atoms with Crippen LogP contribution in [0.15, 0.2) is 193 Å². The van der Waals surface area contributed by atoms with E-state index < -0.39 is 0 Å². The van der Waals surface area contributed by atoms with Crippen LogP contribution in [0.4, 0.5) is 0 Å². The fraction of sp³-hybridized carbons (Fsp3) is 0.0702. The first-order chi connectivity index (χ1) is 31.2. The second kappa shape index (κ2) is 15.1. The summed E-state index contributed by atoms with van der Waals surface area (Å²) in [5.41, 5.74) is 17.6. The van der Waals surface area contributed by atoms with Crippen molar-refractivity contribution in [2.45, 2.75) is 26.2 Å². The summed E-state index contributed by atoms with van der Waals surface area (Å²) in [6, 6.07) is 60.6. The Morgan fingerprint density at radius 1 is 0.587 bits per heavy atom. The Morgan fingerprint density at radius 3 is 1.89 bits per heavy atom. The van der Waals surface area contributed by atoms with Gasteiger partial charge in [0.2, 0.25) is 0 Å². The molecule has 1 aliphatic rings. The number of aromatic nitrogens is 5. The summed E-state index contributed by atoms with van der Waals surface area (Å²) >= 11 is 0. The molecule has 0 saturated heterocycles. The number of hydrogen-bond donors (Lipinski definition) is 0. The molecule has 0 atom stereocenters. The van der Waals surface area contributed by atoms with Crippen LogP contribution < -0.4 is 0 Å². The summed E-state index contributed by atoms with van der Waals surface area (Å²) in [6.45, 7) is 2.18. The Balaban J connectivity index is 0.979. The van der Waals surface area contributed by atoms with Gasteiger partial charge in [0, 0.05) is 44.4 Å². The van der Waals surface area contributed by atoms with Crippen LogP contribution in [0, 0.1) is 0 Å². The van der Waals surface area contributed by atoms with Gasteiger partial charge in [-0.25, -0.2) is 9.66 Å². The number of pyridine rings is 2. The van der Waals surface area contributed by atoms with Crippen molar-refractivity contribution in [1.29, 1.82) is 0 Å². The normalized spacial score (nSPS) is 13.1. The number of para-hydroxylation sites is 2. The maximum absolute atomic E-state index is 5.26. The standard InChI is InChI=1S/C57H42N6/c1-2-16-42(61-52-25-13-11-23-46(52)57-56(61)27-15-32-58-57)37-59-63-54-26-14-10-22-45(54)48-34-41(29-31-55(48)63)40-28-30-53-47(33-40)44-21-9-12-24-51(44)62(53)43-35-49(38-17-5-3-6-18-38)60-50(36-43)39-19-7-4-8-20-39/h3-10,12-22,24-37H,2,11,23H2,1H3/b42-16+,59-37-. The first-order valence-corrected chi connectivity index (χ1v) is 21.8. The van der Waals surface area contributed by atoms with E-state index in [9.17, 15) is 0 Å². The van der Waals surface area contributed by atoms with E-state index in [0.29, 0.717) is 0 Å². The van der Waals surface area contributed by atoms with Crippen LogP contribution in [0.2, 0.25) is 0 Å². The summed E-state index contributed by atoms with van der Waals surface area (Å²) in [7, 11) is 0. The highest BCUT2D eigenvalue weighted by Gasteiger charge is 2.21. The topological polar surface area (TPSA) is 52.9 Å². The fourth-order valence-corrected chi connectivity index (χ4v) is 9.69. The molecule has 1 aliphatic carbocycles. The number of aryl methyl sites for hydroxylation is 1. The molecule has 5 aromatic heterocycles. The third kappa shape index (κ3) is 6.13. The van der Waals surface area contributed by atoms with Gasteiger partial charge in [-0.1, -0.05) is 128 Å². The summed E-state index contributed by atoms with van der Waals surface area (Å²) in [6.07, 6.45) is 13.6. The Labute approximate surface area is 365 Å². The number of hydrogen-bond acceptors (Lipinski definition) is 3. The number of benzene rings is 6. The van der Waals surface area contributed by atoms with E-state index in [1.807, 2.05) is 18.5 Å². The van der Waals surface area contributed by atoms with E-state index in [2.05, 4.69) is 203 Å². The predicted molar refractivity (Wildman–Crippen MR) is 263 cm³/mol. The molecule has 0 saturated carbocycles. The maximum Gasteiger partial charge on any atom is 0.0923 e. The van der Waals surface area contributed by atoms with Gasteiger partial charge in [0.25, 0.3) is 0 Å². The van der Waals surface area contributed by atoms with E-state index >= 15 is 0 Å². The molecule has 0 amide bonds. The SMILES string of the molecule is CC/C=C(\C=N/n1c2ccccc2c2cc(-c3ccc4c(c3)c3ccccc3n4-c3cc(-c4ccccc4)nc(-c4ccccc4)c3)ccc21)n1c2c(c3ncccc31)CCC=C2. The van der Waals surface area contributed by atoms with Crippen LogP contribution in [-0.4, -0.2) is 30.0 Å². The molecule has 0 spiro atoms. The van der Waals surface area contributed by atoms with Gasteiger partial charge in [0.05, 0.1) is 67.8 Å². The molecule has 0 aliphatic heterocycles. The van der Waals surface area contributed by atoms with Crippen molar-refractivity contribution in [3.05, 3.63) is 199 Å². The molecule has 12 rings (SSSR count). The molecular weight excluding hydrogens is 769 g/mol. The Morgan fingerprint density at radius 2 is 1.17 bits per heavy atom. The molecule has 6 heteroatoms. The molecule has 6 nitrogen and oxygen atoms in total. The maximum atomic E-state index is 5.26. The average Bonchev–Trinajstić information content (AvgIpc) is 3.98. The third-order valence-electron chi connectivity index (χ3n) is 12.5. The third-order valence-corrected chi connectivity index (χ3v) is 12.5. The van der Waals surface area contributed by atoms with Gasteiger partial charge in [-0.05, 0) is 97.1 Å². The van der Waals surface area contributed by atoms with Gasteiger partial charge in [-0.3, -0.25) is 4.98 Å². The second-order valence-corrected chi connectivity index (χ2v) is 16.3. The van der Waals surface area contributed by atoms with Gasteiger partial charge in [-0.15, -0.1) is 0 Å². The zero-order valence-corrected chi connectivity index (χ0v) is 34.9. The van der Waals surface area contributed by atoms with Crippen LogP contribution in [0.5, 0.6) is 0 Å². The summed E-state index contributed by atoms with van der Waals surface area (Å²) < 4.78 is 6.83. The molecule has 63 heavy (non-hydrogen) atoms. The van der Waals surface area contributed by atoms with Crippen LogP contribution in [0.1, 0.15) is 31.0 Å². The molecular formula is C57H42N6. The number of nitrogens with zero attached hydrogens (tertiary/aromatic N) is 6. The minimum atomic E-state index is 0.880. The van der Waals surface area contributed by atoms with Crippen LogP contribution in [0.25, 0.3) is 106 Å². The smallest absolute Gasteiger partial charge is 0.0923 e. The quantitative estimate of drug-likeness (QED) is 0.144. The molecule has 0 radical (unpaired) electrons. The summed E-state index contributed by atoms with van der Waals surface area (Å²) in [4.78, 5) is 10.0. The van der Waals surface area contributed by atoms with E-state index in [-0.39, 0.29) is 0 Å². The van der Waals surface area contributed by atoms with Crippen molar-refractivity contribution in [3.63, 3.8) is 0 Å². The highest BCUT2D eigenvalue weighted by molar-refractivity contribution is 6.13. The lowest BCUT2D eigenvalue weighted by Crippen LogP contribution is -2.04. The van der Waals surface area contributed by atoms with Crippen molar-refractivity contribution in [2.75, 3.05) is 0 Å². The fourth-order valence-electron chi connectivity index (χ4n) is 9.69. The van der Waals surface area contributed by atoms with Gasteiger partial charge in [0.15, 0.2) is 0 Å². The van der Waals surface area contributed by atoms with Crippen LogP contribution in [-0.2, 0) is 6.42 Å². The van der Waals surface area contributed by atoms with Crippen molar-refractivity contribution in [3.8, 4) is 39.3 Å². The molecule has 300 valence electrons. The first kappa shape index (κ1) is 36.7. The van der Waals surface area contributed by atoms with E-state index in [4.69, 9.17) is 15.1 Å². The average molecular weight is 811 g/mol. The van der Waals surface area contributed by atoms with Crippen molar-refractivity contribution in [1.82, 2.24) is 23.8 Å². The van der Waals surface area contributed by atoms with Crippen LogP contribution >= 0.6 is 0 Å². The molecule has 0 unspecified atom stereocenters. The molecule has 5 heterocycles. The van der Waals surface area contributed by atoms with Gasteiger partial charge in [-0.2, -0.15) is 5.10 Å². The lowest BCUT2D eigenvalue weighted by atomic mass is 10.0. The van der Waals surface area contributed by atoms with Gasteiger partial charge >= 0.3 is 0 Å². The number of rotatable bonds is 8. The lowest BCUT2D eigenvalue weighted by Gasteiger charge is -2.13. The summed E-state index contributed by atoms with van der Waals surface area (Å²) in [5.74, 6) is 0. The highest BCUT2D eigenvalue weighted by atomic mass is 15.3. The van der Waals surface area contributed by atoms with E-state index in [0.717, 1.165) is 97.4 Å². The number of fused-ring (bicyclic) bond motifs is 9. The van der Waals surface area contributed by atoms with Crippen molar-refractivity contribution in [2.24, 2.45) is 5.10 Å². The van der Waals surface area contributed by atoms with Gasteiger partial charge < -0.3 is 9.13 Å². The zero-order valence-electron chi connectivity index (χ0n) is 34.9. The molecule has 11 aromatic rings. The largest absolute Gasteiger partial charge is 0.309 e. The molecule has 0 N–H and O–H groups in total. The Hall–Kier alpha value is -8.09. The van der Waals surface area contributed by atoms with Crippen molar-refractivity contribution < 1.29 is 0 Å². The monoisotopic (exact) mass is 810 g/mol. The van der Waals surface area contributed by atoms with Gasteiger partial charge in [0.1, 0.15) is 0 Å². The molecule has 0 bridgehead atoms. The van der Waals surface area contributed by atoms with E-state index in [1.54, 1.807) is 0 Å². The molecule has 6 aromatic carbocycles. The first-order valence-electron chi connectivity index (χ1n) is 21.8. The predicted octanol–water partition coefficient (Wildman–Crippen LogP) is 14.4. The van der Waals surface area contributed by atoms with Crippen LogP contribution in [0.3, 0.4) is 0 Å². The highest BCUT2D eigenvalue weighted by Crippen LogP contribution is 2.39. The Kier molecular flexibility index (Phi) is 8.82. The zero-order chi connectivity index (χ0) is 41.9. The minimum absolute atomic E-state index is 0.880. The number of allylic oxidation sites excluding steroid dienone is 3. The van der Waals surface area contributed by atoms with E-state index in [1.165, 1.54) is 32.8 Å². The second-order valence-electron chi connectivity index (χ2n) is 16.3. The Bertz CT molecular complexity index is 3600.